The van der Waals surface area contributed by atoms with Crippen LogP contribution < -0.4 is 32.3 Å². The van der Waals surface area contributed by atoms with Gasteiger partial charge in [0.25, 0.3) is 26.8 Å². The number of fused-ring (bicyclic) bond motifs is 3. The van der Waals surface area contributed by atoms with Gasteiger partial charge in [-0.05, 0) is 0 Å². The number of aliphatic hydroxyl groups is 2. The van der Waals surface area contributed by atoms with E-state index >= 15 is 0 Å². The molecule has 0 aromatic carbocycles. The van der Waals surface area contributed by atoms with Gasteiger partial charge < -0.3 is 53.3 Å². The molecule has 24 heteroatoms. The summed E-state index contributed by atoms with van der Waals surface area (Å²) in [6.07, 6.45) is -11.7. The zero-order chi connectivity index (χ0) is 31.6. The topological polar surface area (TPSA) is 321 Å². The maximum atomic E-state index is 12.9. The minimum atomic E-state index is -5.36. The first kappa shape index (κ1) is 30.9. The summed E-state index contributed by atoms with van der Waals surface area (Å²) in [5, 5.41) is 21.9. The number of imidazole rings is 1. The first-order chi connectivity index (χ1) is 20.7. The Morgan fingerprint density at radius 1 is 0.955 bits per heavy atom. The molecule has 3 aliphatic rings. The Morgan fingerprint density at radius 3 is 2.30 bits per heavy atom. The molecule has 4 unspecified atom stereocenters. The molecule has 3 aliphatic heterocycles. The number of rotatable bonds is 2. The van der Waals surface area contributed by atoms with E-state index in [2.05, 4.69) is 15.0 Å². The van der Waals surface area contributed by atoms with E-state index in [4.69, 9.17) is 33.3 Å². The maximum absolute atomic E-state index is 12.9. The highest BCUT2D eigenvalue weighted by Crippen LogP contribution is 2.50. The second kappa shape index (κ2) is 11.4. The molecule has 240 valence electrons. The van der Waals surface area contributed by atoms with E-state index in [1.807, 2.05) is 4.98 Å². The van der Waals surface area contributed by atoms with Gasteiger partial charge in [0.1, 0.15) is 30.5 Å². The van der Waals surface area contributed by atoms with Crippen LogP contribution in [0.25, 0.3) is 11.2 Å². The van der Waals surface area contributed by atoms with Crippen LogP contribution in [0.15, 0.2) is 33.0 Å². The lowest BCUT2D eigenvalue weighted by Crippen LogP contribution is -2.39. The molecule has 3 aromatic rings. The molecule has 44 heavy (non-hydrogen) atoms. The van der Waals surface area contributed by atoms with Crippen molar-refractivity contribution in [2.24, 2.45) is 0 Å². The smallest absolute Gasteiger partial charge is 0.330 e. The van der Waals surface area contributed by atoms with E-state index in [9.17, 15) is 43.5 Å². The van der Waals surface area contributed by atoms with Crippen molar-refractivity contribution >= 4 is 32.8 Å². The minimum absolute atomic E-state index is 0.151. The Bertz CT molecular complexity index is 1840. The van der Waals surface area contributed by atoms with Crippen molar-refractivity contribution in [3.63, 3.8) is 0 Å². The quantitative estimate of drug-likeness (QED) is 0.163. The van der Waals surface area contributed by atoms with Crippen molar-refractivity contribution in [3.8, 4) is 0 Å². The lowest BCUT2D eigenvalue weighted by atomic mass is 10.1. The molecule has 3 aromatic heterocycles. The number of anilines is 1. The highest BCUT2D eigenvalue weighted by Gasteiger charge is 2.50. The van der Waals surface area contributed by atoms with Gasteiger partial charge in [-0.15, -0.1) is 0 Å². The van der Waals surface area contributed by atoms with Crippen molar-refractivity contribution < 1.29 is 56.7 Å². The van der Waals surface area contributed by atoms with Gasteiger partial charge in [0, 0.05) is 18.7 Å². The molecule has 6 rings (SSSR count). The molecule has 6 heterocycles. The Hall–Kier alpha value is -3.11. The van der Waals surface area contributed by atoms with Gasteiger partial charge in [-0.1, -0.05) is 0 Å². The van der Waals surface area contributed by atoms with Crippen LogP contribution in [0.1, 0.15) is 18.9 Å². The second-order valence-electron chi connectivity index (χ2n) is 9.86. The number of aliphatic hydroxyl groups excluding tert-OH is 2. The van der Waals surface area contributed by atoms with E-state index < -0.39 is 101 Å². The van der Waals surface area contributed by atoms with Crippen molar-refractivity contribution in [1.82, 2.24) is 29.1 Å². The number of nitrogens with one attached hydrogen (secondary N) is 2. The van der Waals surface area contributed by atoms with Crippen molar-refractivity contribution in [3.05, 3.63) is 49.8 Å². The molecule has 3 saturated heterocycles. The summed E-state index contributed by atoms with van der Waals surface area (Å²) in [5.74, 6) is -0.301. The lowest BCUT2D eigenvalue weighted by Gasteiger charge is -2.31. The van der Waals surface area contributed by atoms with Gasteiger partial charge >= 0.3 is 5.69 Å². The number of nitrogens with zero attached hydrogens (tertiary/aromatic N) is 4. The van der Waals surface area contributed by atoms with E-state index in [0.717, 1.165) is 27.7 Å². The predicted molar refractivity (Wildman–Crippen MR) is 135 cm³/mol. The molecule has 10 atom stereocenters. The number of hydrogen-bond donors (Lipinski definition) is 5. The number of aromatic amines is 2. The molecule has 0 aliphatic carbocycles. The fourth-order valence-electron chi connectivity index (χ4n) is 5.09. The average Bonchev–Trinajstić information content (AvgIpc) is 3.57. The van der Waals surface area contributed by atoms with Crippen molar-refractivity contribution in [2.45, 2.75) is 55.5 Å². The van der Waals surface area contributed by atoms with Crippen LogP contribution in [-0.2, 0) is 36.7 Å². The summed E-state index contributed by atoms with van der Waals surface area (Å²) in [6, 6.07) is 0.956. The normalized spacial score (nSPS) is 38.4. The molecular formula is C20H23N7O15P2-2. The van der Waals surface area contributed by atoms with Gasteiger partial charge in [-0.25, -0.2) is 9.78 Å². The Kier molecular flexibility index (Phi) is 7.97. The van der Waals surface area contributed by atoms with Crippen LogP contribution >= 0.6 is 15.6 Å². The summed E-state index contributed by atoms with van der Waals surface area (Å²) < 4.78 is 58.8. The Balaban J connectivity index is 1.28. The predicted octanol–water partition coefficient (Wildman–Crippen LogP) is -4.09. The Morgan fingerprint density at radius 2 is 1.59 bits per heavy atom. The van der Waals surface area contributed by atoms with Gasteiger partial charge in [-0.2, -0.15) is 4.98 Å². The summed E-state index contributed by atoms with van der Waals surface area (Å²) in [4.78, 5) is 73.6. The summed E-state index contributed by atoms with van der Waals surface area (Å²) in [5.41, 5.74) is 2.80. The lowest BCUT2D eigenvalue weighted by molar-refractivity contribution is -0.237. The fourth-order valence-corrected chi connectivity index (χ4v) is 6.98. The third kappa shape index (κ3) is 5.83. The van der Waals surface area contributed by atoms with Crippen molar-refractivity contribution in [2.75, 3.05) is 18.9 Å². The highest BCUT2D eigenvalue weighted by molar-refractivity contribution is 7.46. The third-order valence-electron chi connectivity index (χ3n) is 7.02. The Labute approximate surface area is 243 Å². The van der Waals surface area contributed by atoms with Crippen LogP contribution in [0, 0.1) is 0 Å². The number of ether oxygens (including phenoxy) is 2. The van der Waals surface area contributed by atoms with Crippen LogP contribution in [0.4, 0.5) is 5.95 Å². The molecule has 0 spiro atoms. The van der Waals surface area contributed by atoms with E-state index in [0.29, 0.717) is 0 Å². The highest BCUT2D eigenvalue weighted by atomic mass is 31.2. The van der Waals surface area contributed by atoms with E-state index in [1.165, 1.54) is 0 Å². The summed E-state index contributed by atoms with van der Waals surface area (Å²) in [7, 11) is -10.6. The summed E-state index contributed by atoms with van der Waals surface area (Å²) in [6.45, 7) is -1.66. The number of phosphoric acid groups is 2. The number of aromatic nitrogens is 6. The molecule has 3 fully saturated rings. The standard InChI is InChI=1S/C20H25N7O15P2/c21-19-24-15-10(16(31)25-19)22-6-27(15)18-12(30)14-8(40-18)5-38-44(35,36)41-13-7(2-4-37-43(33,34)42-14)39-17(11(13)29)26-3-1-9(28)23-20(26)32/h1,3,6-8,11-14,17-18,29-30H,2,4-5H2,(H,33,34)(H,35,36)(H,23,28,32)(H3,21,24,25,31)/p-2/t7-,8-,11+,12+,13?,14?,17-,18-/m1/s1. The zero-order valence-electron chi connectivity index (χ0n) is 21.9. The number of phosphoric ester groups is 2. The van der Waals surface area contributed by atoms with Crippen LogP contribution in [0.5, 0.6) is 0 Å². The molecular weight excluding hydrogens is 640 g/mol. The molecule has 0 radical (unpaired) electrons. The molecule has 0 bridgehead atoms. The van der Waals surface area contributed by atoms with Gasteiger partial charge in [0.2, 0.25) is 5.95 Å². The number of H-pyrrole nitrogens is 2. The minimum Gasteiger partial charge on any atom is -0.756 e. The van der Waals surface area contributed by atoms with Crippen LogP contribution in [0.2, 0.25) is 0 Å². The van der Waals surface area contributed by atoms with E-state index in [-0.39, 0.29) is 17.1 Å². The van der Waals surface area contributed by atoms with Crippen LogP contribution in [0.3, 0.4) is 0 Å². The first-order valence-corrected chi connectivity index (χ1v) is 15.6. The van der Waals surface area contributed by atoms with Gasteiger partial charge in [0.15, 0.2) is 23.6 Å². The SMILES string of the molecule is Nc1nc2c(ncn2[C@@H]2O[C@@H]3COP(=O)([O-])OC4[C@@H](CCOP(=O)([O-])OC3[C@@H]2O)O[C@@H](n2ccc(=O)[nH]c2=O)[C@H]4O)c(=O)[nH]1. The number of nitrogens with two attached hydrogens (primary N) is 1. The van der Waals surface area contributed by atoms with E-state index in [1.54, 1.807) is 0 Å². The molecule has 6 N–H and O–H groups in total. The fraction of sp³-hybridized carbons (Fsp3) is 0.550. The summed E-state index contributed by atoms with van der Waals surface area (Å²) >= 11 is 0. The second-order valence-corrected chi connectivity index (χ2v) is 12.6. The molecule has 0 amide bonds. The van der Waals surface area contributed by atoms with Crippen LogP contribution in [-0.4, -0.2) is 89.1 Å². The van der Waals surface area contributed by atoms with Gasteiger partial charge in [-0.3, -0.25) is 37.8 Å². The zero-order valence-corrected chi connectivity index (χ0v) is 23.7. The first-order valence-electron chi connectivity index (χ1n) is 12.7. The maximum Gasteiger partial charge on any atom is 0.330 e. The third-order valence-corrected chi connectivity index (χ3v) is 8.99. The monoisotopic (exact) mass is 663 g/mol. The number of hydrogen-bond acceptors (Lipinski definition) is 18. The largest absolute Gasteiger partial charge is 0.756 e. The van der Waals surface area contributed by atoms with Gasteiger partial charge in [0.05, 0.1) is 25.6 Å². The molecule has 0 saturated carbocycles. The number of nitrogen functional groups attached to an aromatic ring is 1. The average molecular weight is 663 g/mol. The van der Waals surface area contributed by atoms with Crippen molar-refractivity contribution in [1.29, 1.82) is 0 Å². The molecule has 22 nitrogen and oxygen atoms in total.